The Morgan fingerprint density at radius 3 is 2.79 bits per heavy atom. The molecule has 0 heterocycles. The lowest BCUT2D eigenvalue weighted by Gasteiger charge is -2.07. The van der Waals surface area contributed by atoms with Crippen molar-refractivity contribution in [2.45, 2.75) is 6.92 Å². The Bertz CT molecular complexity index is 494. The van der Waals surface area contributed by atoms with Crippen LogP contribution >= 0.6 is 0 Å². The number of carboxylic acid groups (broad SMARTS) is 1. The van der Waals surface area contributed by atoms with Gasteiger partial charge in [-0.2, -0.15) is 0 Å². The molecular formula is C14H17NO4. The maximum absolute atomic E-state index is 11.8. The molecule has 2 N–H and O–H groups in total. The topological polar surface area (TPSA) is 75.6 Å². The number of amides is 1. The Hall–Kier alpha value is -2.14. The molecule has 1 aromatic rings. The Morgan fingerprint density at radius 2 is 2.16 bits per heavy atom. The number of methoxy groups -OCH3 is 1. The fourth-order valence-electron chi connectivity index (χ4n) is 1.49. The Balaban J connectivity index is 2.83. The molecule has 0 saturated carbocycles. The molecule has 19 heavy (non-hydrogen) atoms. The summed E-state index contributed by atoms with van der Waals surface area (Å²) < 4.78 is 4.84. The molecule has 5 nitrogen and oxygen atoms in total. The van der Waals surface area contributed by atoms with E-state index in [4.69, 9.17) is 9.84 Å². The van der Waals surface area contributed by atoms with Gasteiger partial charge < -0.3 is 15.2 Å². The highest BCUT2D eigenvalue weighted by atomic mass is 16.5. The van der Waals surface area contributed by atoms with E-state index in [0.29, 0.717) is 24.3 Å². The highest BCUT2D eigenvalue weighted by molar-refractivity contribution is 5.95. The van der Waals surface area contributed by atoms with E-state index >= 15 is 0 Å². The molecule has 1 aromatic carbocycles. The van der Waals surface area contributed by atoms with Crippen molar-refractivity contribution in [1.29, 1.82) is 0 Å². The normalized spacial score (nSPS) is 10.6. The van der Waals surface area contributed by atoms with Crippen LogP contribution in [0.15, 0.2) is 24.3 Å². The van der Waals surface area contributed by atoms with Crippen LogP contribution in [-0.4, -0.2) is 37.2 Å². The molecule has 0 aromatic heterocycles. The number of hydrogen-bond donors (Lipinski definition) is 2. The molecule has 102 valence electrons. The molecule has 0 aliphatic rings. The zero-order valence-corrected chi connectivity index (χ0v) is 11.0. The van der Waals surface area contributed by atoms with Gasteiger partial charge in [0.1, 0.15) is 0 Å². The van der Waals surface area contributed by atoms with Crippen molar-refractivity contribution in [2.24, 2.45) is 0 Å². The summed E-state index contributed by atoms with van der Waals surface area (Å²) in [5.74, 6) is -1.23. The van der Waals surface area contributed by atoms with Crippen LogP contribution in [0.3, 0.4) is 0 Å². The van der Waals surface area contributed by atoms with Gasteiger partial charge in [-0.3, -0.25) is 4.79 Å². The van der Waals surface area contributed by atoms with Crippen LogP contribution in [0.25, 0.3) is 6.08 Å². The molecule has 0 bridgehead atoms. The Labute approximate surface area is 111 Å². The third-order valence-electron chi connectivity index (χ3n) is 2.54. The molecule has 1 rings (SSSR count). The van der Waals surface area contributed by atoms with Gasteiger partial charge in [-0.1, -0.05) is 6.07 Å². The van der Waals surface area contributed by atoms with E-state index in [1.54, 1.807) is 25.3 Å². The van der Waals surface area contributed by atoms with Crippen molar-refractivity contribution in [3.8, 4) is 0 Å². The maximum Gasteiger partial charge on any atom is 0.328 e. The Kier molecular flexibility index (Phi) is 5.75. The molecule has 0 spiro atoms. The minimum absolute atomic E-state index is 0.206. The largest absolute Gasteiger partial charge is 0.478 e. The van der Waals surface area contributed by atoms with E-state index in [2.05, 4.69) is 5.32 Å². The highest BCUT2D eigenvalue weighted by Gasteiger charge is 2.06. The third-order valence-corrected chi connectivity index (χ3v) is 2.54. The van der Waals surface area contributed by atoms with Gasteiger partial charge in [-0.15, -0.1) is 0 Å². The summed E-state index contributed by atoms with van der Waals surface area (Å²) in [4.78, 5) is 22.3. The number of carbonyl (C=O) groups excluding carboxylic acids is 1. The molecule has 5 heteroatoms. The van der Waals surface area contributed by atoms with Crippen molar-refractivity contribution in [1.82, 2.24) is 5.32 Å². The second-order valence-corrected chi connectivity index (χ2v) is 3.99. The second-order valence-electron chi connectivity index (χ2n) is 3.99. The third kappa shape index (κ3) is 4.93. The summed E-state index contributed by atoms with van der Waals surface area (Å²) in [6.07, 6.45) is 2.53. The van der Waals surface area contributed by atoms with Crippen LogP contribution in [0.4, 0.5) is 0 Å². The predicted molar refractivity (Wildman–Crippen MR) is 72.1 cm³/mol. The molecule has 0 unspecified atom stereocenters. The van der Waals surface area contributed by atoms with E-state index in [1.807, 2.05) is 6.92 Å². The van der Waals surface area contributed by atoms with Crippen molar-refractivity contribution in [2.75, 3.05) is 20.3 Å². The van der Waals surface area contributed by atoms with Crippen molar-refractivity contribution < 1.29 is 19.4 Å². The highest BCUT2D eigenvalue weighted by Crippen LogP contribution is 2.13. The fraction of sp³-hybridized carbons (Fsp3) is 0.286. The van der Waals surface area contributed by atoms with Crippen LogP contribution in [0.2, 0.25) is 0 Å². The predicted octanol–water partition coefficient (Wildman–Crippen LogP) is 1.47. The molecule has 0 radical (unpaired) electrons. The molecule has 0 aliphatic heterocycles. The van der Waals surface area contributed by atoms with Crippen LogP contribution in [0.1, 0.15) is 21.5 Å². The molecule has 0 aliphatic carbocycles. The minimum Gasteiger partial charge on any atom is -0.478 e. The first-order chi connectivity index (χ1) is 9.04. The van der Waals surface area contributed by atoms with Crippen molar-refractivity contribution >= 4 is 18.0 Å². The Morgan fingerprint density at radius 1 is 1.42 bits per heavy atom. The molecule has 0 atom stereocenters. The van der Waals surface area contributed by atoms with E-state index in [9.17, 15) is 9.59 Å². The number of hydrogen-bond acceptors (Lipinski definition) is 3. The number of ether oxygens (including phenoxy) is 1. The van der Waals surface area contributed by atoms with E-state index in [0.717, 1.165) is 11.6 Å². The van der Waals surface area contributed by atoms with E-state index in [1.165, 1.54) is 6.08 Å². The number of aliphatic carboxylic acids is 1. The van der Waals surface area contributed by atoms with Crippen LogP contribution < -0.4 is 5.32 Å². The quantitative estimate of drug-likeness (QED) is 0.602. The molecular weight excluding hydrogens is 246 g/mol. The summed E-state index contributed by atoms with van der Waals surface area (Å²) in [5, 5.41) is 11.3. The van der Waals surface area contributed by atoms with Gasteiger partial charge in [0.2, 0.25) is 0 Å². The van der Waals surface area contributed by atoms with Gasteiger partial charge in [0, 0.05) is 25.3 Å². The second kappa shape index (κ2) is 7.33. The van der Waals surface area contributed by atoms with Gasteiger partial charge in [0.25, 0.3) is 5.91 Å². The lowest BCUT2D eigenvalue weighted by molar-refractivity contribution is -0.131. The number of benzene rings is 1. The zero-order valence-electron chi connectivity index (χ0n) is 11.0. The summed E-state index contributed by atoms with van der Waals surface area (Å²) >= 11 is 0. The van der Waals surface area contributed by atoms with Gasteiger partial charge in [0.15, 0.2) is 0 Å². The number of nitrogens with one attached hydrogen (secondary N) is 1. The average Bonchev–Trinajstić information content (AvgIpc) is 2.37. The van der Waals surface area contributed by atoms with Crippen LogP contribution in [-0.2, 0) is 9.53 Å². The smallest absolute Gasteiger partial charge is 0.328 e. The van der Waals surface area contributed by atoms with Gasteiger partial charge in [-0.05, 0) is 36.3 Å². The number of carboxylic acids is 1. The SMILES string of the molecule is COCCNC(=O)c1ccc(C)c(/C=C/C(=O)O)c1. The first-order valence-electron chi connectivity index (χ1n) is 5.83. The monoisotopic (exact) mass is 263 g/mol. The average molecular weight is 263 g/mol. The lowest BCUT2D eigenvalue weighted by Crippen LogP contribution is -2.26. The summed E-state index contributed by atoms with van der Waals surface area (Å²) in [6.45, 7) is 2.74. The van der Waals surface area contributed by atoms with E-state index in [-0.39, 0.29) is 5.91 Å². The lowest BCUT2D eigenvalue weighted by atomic mass is 10.0. The first kappa shape index (κ1) is 14.9. The molecule has 0 fully saturated rings. The van der Waals surface area contributed by atoms with Crippen LogP contribution in [0.5, 0.6) is 0 Å². The standard InChI is InChI=1S/C14H17NO4/c1-10-3-4-12(14(18)15-7-8-19-2)9-11(10)5-6-13(16)17/h3-6,9H,7-8H2,1-2H3,(H,15,18)(H,16,17)/b6-5+. The number of aryl methyl sites for hydroxylation is 1. The van der Waals surface area contributed by atoms with Gasteiger partial charge in [0.05, 0.1) is 6.61 Å². The molecule has 1 amide bonds. The summed E-state index contributed by atoms with van der Waals surface area (Å²) in [6, 6.07) is 5.15. The van der Waals surface area contributed by atoms with Gasteiger partial charge >= 0.3 is 5.97 Å². The summed E-state index contributed by atoms with van der Waals surface area (Å²) in [7, 11) is 1.56. The van der Waals surface area contributed by atoms with Crippen LogP contribution in [0, 0.1) is 6.92 Å². The molecule has 0 saturated heterocycles. The van der Waals surface area contributed by atoms with Crippen molar-refractivity contribution in [3.63, 3.8) is 0 Å². The van der Waals surface area contributed by atoms with Crippen molar-refractivity contribution in [3.05, 3.63) is 41.0 Å². The first-order valence-corrected chi connectivity index (χ1v) is 5.83. The zero-order chi connectivity index (χ0) is 14.3. The number of rotatable bonds is 6. The minimum atomic E-state index is -1.02. The van der Waals surface area contributed by atoms with Gasteiger partial charge in [-0.25, -0.2) is 4.79 Å². The number of carbonyl (C=O) groups is 2. The summed E-state index contributed by atoms with van der Waals surface area (Å²) in [5.41, 5.74) is 2.11. The fourth-order valence-corrected chi connectivity index (χ4v) is 1.49. The van der Waals surface area contributed by atoms with E-state index < -0.39 is 5.97 Å². The maximum atomic E-state index is 11.8.